The SMILES string of the molecule is C=Cc1ccccc1C(=O)N(C)[C@@H](CC(C)C)C(=O)c1ccc(C(C(C)CC)C(C)(C)C(C)(C)C(c2ccccc2)C(C)C(C)(C)C(C)(C)C=O)cc1. The van der Waals surface area contributed by atoms with Gasteiger partial charge in [-0.2, -0.15) is 0 Å². The van der Waals surface area contributed by atoms with Gasteiger partial charge in [0.1, 0.15) is 6.29 Å². The first kappa shape index (κ1) is 43.6. The van der Waals surface area contributed by atoms with Crippen LogP contribution < -0.4 is 0 Å². The molecular formula is C49H69NO3. The average molecular weight is 720 g/mol. The molecule has 3 rings (SSSR count). The largest absolute Gasteiger partial charge is 0.331 e. The summed E-state index contributed by atoms with van der Waals surface area (Å²) >= 11 is 0. The van der Waals surface area contributed by atoms with E-state index >= 15 is 0 Å². The number of Topliss-reactive ketones (excluding diaryl/α,β-unsaturated/α-hetero) is 1. The summed E-state index contributed by atoms with van der Waals surface area (Å²) in [6.45, 7) is 33.3. The van der Waals surface area contributed by atoms with E-state index in [0.29, 0.717) is 23.5 Å². The van der Waals surface area contributed by atoms with Crippen molar-refractivity contribution in [3.05, 3.63) is 113 Å². The van der Waals surface area contributed by atoms with E-state index in [1.807, 2.05) is 30.3 Å². The lowest BCUT2D eigenvalue weighted by atomic mass is 9.46. The number of hydrogen-bond donors (Lipinski definition) is 0. The number of ketones is 1. The molecule has 0 aliphatic rings. The van der Waals surface area contributed by atoms with Crippen LogP contribution in [0, 0.1) is 39.4 Å². The molecule has 0 aliphatic heterocycles. The Morgan fingerprint density at radius 1 is 0.717 bits per heavy atom. The Balaban J connectivity index is 2.10. The molecule has 53 heavy (non-hydrogen) atoms. The van der Waals surface area contributed by atoms with Gasteiger partial charge in [0.15, 0.2) is 5.78 Å². The Hall–Kier alpha value is -3.79. The van der Waals surface area contributed by atoms with Gasteiger partial charge in [-0.1, -0.05) is 182 Å². The summed E-state index contributed by atoms with van der Waals surface area (Å²) in [5.41, 5.74) is 3.19. The molecule has 3 aromatic rings. The molecule has 4 heteroatoms. The van der Waals surface area contributed by atoms with Gasteiger partial charge in [0.2, 0.25) is 0 Å². The molecule has 0 spiro atoms. The Kier molecular flexibility index (Phi) is 14.1. The van der Waals surface area contributed by atoms with Crippen molar-refractivity contribution in [2.45, 2.75) is 121 Å². The van der Waals surface area contributed by atoms with Gasteiger partial charge in [0, 0.05) is 23.6 Å². The zero-order valence-corrected chi connectivity index (χ0v) is 35.4. The molecule has 0 bridgehead atoms. The summed E-state index contributed by atoms with van der Waals surface area (Å²) in [4.78, 5) is 42.2. The molecule has 0 heterocycles. The van der Waals surface area contributed by atoms with Crippen LogP contribution in [0.1, 0.15) is 152 Å². The molecule has 0 N–H and O–H groups in total. The highest BCUT2D eigenvalue weighted by Gasteiger charge is 2.55. The molecular weight excluding hydrogens is 651 g/mol. The van der Waals surface area contributed by atoms with Crippen LogP contribution >= 0.6 is 0 Å². The quantitative estimate of drug-likeness (QED) is 0.0971. The van der Waals surface area contributed by atoms with E-state index in [1.165, 1.54) is 11.1 Å². The molecule has 0 aromatic heterocycles. The molecule has 4 nitrogen and oxygen atoms in total. The van der Waals surface area contributed by atoms with Crippen molar-refractivity contribution in [1.29, 1.82) is 0 Å². The van der Waals surface area contributed by atoms with Crippen LogP contribution in [0.2, 0.25) is 0 Å². The summed E-state index contributed by atoms with van der Waals surface area (Å²) in [6.07, 6.45) is 4.39. The summed E-state index contributed by atoms with van der Waals surface area (Å²) in [6, 6.07) is 25.9. The van der Waals surface area contributed by atoms with E-state index in [0.717, 1.165) is 18.3 Å². The first-order valence-corrected chi connectivity index (χ1v) is 19.8. The van der Waals surface area contributed by atoms with Crippen molar-refractivity contribution >= 4 is 24.1 Å². The van der Waals surface area contributed by atoms with Crippen molar-refractivity contribution in [2.75, 3.05) is 7.05 Å². The number of carbonyl (C=O) groups excluding carboxylic acids is 3. The van der Waals surface area contributed by atoms with E-state index < -0.39 is 11.5 Å². The predicted molar refractivity (Wildman–Crippen MR) is 224 cm³/mol. The van der Waals surface area contributed by atoms with Crippen LogP contribution in [0.4, 0.5) is 0 Å². The molecule has 0 radical (unpaired) electrons. The van der Waals surface area contributed by atoms with Gasteiger partial charge < -0.3 is 9.69 Å². The maximum absolute atomic E-state index is 14.3. The van der Waals surface area contributed by atoms with Crippen molar-refractivity contribution in [3.63, 3.8) is 0 Å². The fourth-order valence-corrected chi connectivity index (χ4v) is 8.78. The fraction of sp³-hybridized carbons (Fsp3) is 0.531. The molecule has 4 unspecified atom stereocenters. The number of hydrogen-bond acceptors (Lipinski definition) is 3. The maximum Gasteiger partial charge on any atom is 0.254 e. The number of likely N-dealkylation sites (N-methyl/N-ethyl adjacent to an activating group) is 1. The summed E-state index contributed by atoms with van der Waals surface area (Å²) < 4.78 is 0. The van der Waals surface area contributed by atoms with Gasteiger partial charge in [-0.3, -0.25) is 9.59 Å². The minimum Gasteiger partial charge on any atom is -0.331 e. The van der Waals surface area contributed by atoms with Crippen LogP contribution in [0.5, 0.6) is 0 Å². The summed E-state index contributed by atoms with van der Waals surface area (Å²) in [7, 11) is 1.74. The number of benzene rings is 3. The van der Waals surface area contributed by atoms with E-state index in [-0.39, 0.29) is 51.6 Å². The zero-order chi connectivity index (χ0) is 40.1. The third-order valence-corrected chi connectivity index (χ3v) is 13.9. The number of nitrogens with zero attached hydrogens (tertiary/aromatic N) is 1. The minimum absolute atomic E-state index is 0.0464. The second kappa shape index (κ2) is 17.1. The monoisotopic (exact) mass is 720 g/mol. The Morgan fingerprint density at radius 2 is 1.23 bits per heavy atom. The molecule has 5 atom stereocenters. The van der Waals surface area contributed by atoms with Gasteiger partial charge in [-0.05, 0) is 75.0 Å². The maximum atomic E-state index is 14.3. The highest BCUT2D eigenvalue weighted by atomic mass is 16.2. The normalized spacial score (nSPS) is 15.6. The van der Waals surface area contributed by atoms with E-state index in [2.05, 4.69) is 139 Å². The number of carbonyl (C=O) groups is 3. The molecule has 0 saturated heterocycles. The van der Waals surface area contributed by atoms with E-state index in [1.54, 1.807) is 24.1 Å². The summed E-state index contributed by atoms with van der Waals surface area (Å²) in [5, 5.41) is 0. The number of amides is 1. The third kappa shape index (κ3) is 8.79. The molecule has 1 amide bonds. The highest BCUT2D eigenvalue weighted by Crippen LogP contribution is 2.63. The lowest BCUT2D eigenvalue weighted by molar-refractivity contribution is -0.124. The highest BCUT2D eigenvalue weighted by molar-refractivity contribution is 6.05. The Morgan fingerprint density at radius 3 is 1.74 bits per heavy atom. The van der Waals surface area contributed by atoms with Crippen LogP contribution in [0.15, 0.2) is 85.4 Å². The van der Waals surface area contributed by atoms with Gasteiger partial charge >= 0.3 is 0 Å². The van der Waals surface area contributed by atoms with Crippen molar-refractivity contribution < 1.29 is 14.4 Å². The van der Waals surface area contributed by atoms with Crippen LogP contribution in [0.3, 0.4) is 0 Å². The van der Waals surface area contributed by atoms with Crippen molar-refractivity contribution in [3.8, 4) is 0 Å². The smallest absolute Gasteiger partial charge is 0.254 e. The predicted octanol–water partition coefficient (Wildman–Crippen LogP) is 12.6. The topological polar surface area (TPSA) is 54.5 Å². The van der Waals surface area contributed by atoms with Crippen LogP contribution in [-0.2, 0) is 4.79 Å². The Labute approximate surface area is 322 Å². The summed E-state index contributed by atoms with van der Waals surface area (Å²) in [5.74, 6) is 0.851. The molecule has 0 fully saturated rings. The van der Waals surface area contributed by atoms with E-state index in [9.17, 15) is 14.4 Å². The zero-order valence-electron chi connectivity index (χ0n) is 35.4. The average Bonchev–Trinajstić information content (AvgIpc) is 3.13. The third-order valence-electron chi connectivity index (χ3n) is 13.9. The molecule has 3 aromatic carbocycles. The minimum atomic E-state index is -0.598. The fourth-order valence-electron chi connectivity index (χ4n) is 8.78. The van der Waals surface area contributed by atoms with Gasteiger partial charge in [-0.25, -0.2) is 0 Å². The van der Waals surface area contributed by atoms with Crippen LogP contribution in [0.25, 0.3) is 6.08 Å². The van der Waals surface area contributed by atoms with Crippen LogP contribution in [-0.4, -0.2) is 36.0 Å². The first-order chi connectivity index (χ1) is 24.6. The Bertz CT molecular complexity index is 1690. The molecule has 288 valence electrons. The second-order valence-electron chi connectivity index (χ2n) is 18.4. The van der Waals surface area contributed by atoms with Crippen molar-refractivity contribution in [1.82, 2.24) is 4.90 Å². The lowest BCUT2D eigenvalue weighted by Crippen LogP contribution is -2.50. The number of rotatable bonds is 18. The van der Waals surface area contributed by atoms with E-state index in [4.69, 9.17) is 0 Å². The lowest BCUT2D eigenvalue weighted by Gasteiger charge is -2.57. The standard InChI is InChI=1S/C49H69NO3/c1-16-34(5)42(48(11,12)49(13,14)43(37-24-19-18-20-25-37)35(6)47(9,10)46(7,8)32-51)38-27-29-39(30-28-38)44(52)41(31-33(3)4)50(15)45(53)40-26-22-21-23-36(40)17-2/h17-30,32-35,41-43H,2,16,31H2,1,3-15H3/t34?,35?,41-,42?,43?/m0/s1. The van der Waals surface area contributed by atoms with Gasteiger partial charge in [0.05, 0.1) is 6.04 Å². The molecule has 0 saturated carbocycles. The number of aldehydes is 1. The van der Waals surface area contributed by atoms with Gasteiger partial charge in [0.25, 0.3) is 5.91 Å². The van der Waals surface area contributed by atoms with Gasteiger partial charge in [-0.15, -0.1) is 0 Å². The molecule has 0 aliphatic carbocycles. The second-order valence-corrected chi connectivity index (χ2v) is 18.4. The van der Waals surface area contributed by atoms with Crippen molar-refractivity contribution in [2.24, 2.45) is 39.4 Å². The first-order valence-electron chi connectivity index (χ1n) is 19.8.